The van der Waals surface area contributed by atoms with Gasteiger partial charge in [-0.15, -0.1) is 5.11 Å². The zero-order valence-electron chi connectivity index (χ0n) is 7.22. The standard InChI is InChI=1S/C10H7IN2O/c11-8-3-1-7(2-4-8)9-5-6-10(14)13-12-9/h1-6,9H. The van der Waals surface area contributed by atoms with Crippen molar-refractivity contribution in [2.24, 2.45) is 10.2 Å². The molecule has 2 rings (SSSR count). The molecule has 0 N–H and O–H groups in total. The molecule has 0 saturated carbocycles. The third kappa shape index (κ3) is 2.06. The van der Waals surface area contributed by atoms with Crippen molar-refractivity contribution in [1.29, 1.82) is 0 Å². The van der Waals surface area contributed by atoms with Gasteiger partial charge in [-0.05, 0) is 46.4 Å². The van der Waals surface area contributed by atoms with Gasteiger partial charge in [0.25, 0.3) is 5.91 Å². The first-order valence-corrected chi connectivity index (χ1v) is 5.22. The van der Waals surface area contributed by atoms with E-state index in [0.29, 0.717) is 0 Å². The number of azo groups is 1. The van der Waals surface area contributed by atoms with Gasteiger partial charge in [-0.1, -0.05) is 12.1 Å². The van der Waals surface area contributed by atoms with E-state index < -0.39 is 0 Å². The number of carbonyl (C=O) groups excluding carboxylic acids is 1. The second kappa shape index (κ2) is 4.00. The number of amides is 1. The molecule has 14 heavy (non-hydrogen) atoms. The van der Waals surface area contributed by atoms with E-state index in [9.17, 15) is 4.79 Å². The quantitative estimate of drug-likeness (QED) is 0.735. The maximum Gasteiger partial charge on any atom is 0.287 e. The molecule has 4 heteroatoms. The fourth-order valence-corrected chi connectivity index (χ4v) is 1.56. The number of hydrogen-bond donors (Lipinski definition) is 0. The monoisotopic (exact) mass is 298 g/mol. The molecule has 0 spiro atoms. The molecule has 1 heterocycles. The van der Waals surface area contributed by atoms with E-state index in [-0.39, 0.29) is 11.9 Å². The largest absolute Gasteiger partial charge is 0.287 e. The van der Waals surface area contributed by atoms with E-state index in [2.05, 4.69) is 32.8 Å². The summed E-state index contributed by atoms with van der Waals surface area (Å²) < 4.78 is 1.18. The smallest absolute Gasteiger partial charge is 0.266 e. The summed E-state index contributed by atoms with van der Waals surface area (Å²) >= 11 is 2.24. The number of carbonyl (C=O) groups is 1. The summed E-state index contributed by atoms with van der Waals surface area (Å²) in [6.07, 6.45) is 3.22. The highest BCUT2D eigenvalue weighted by Crippen LogP contribution is 2.22. The van der Waals surface area contributed by atoms with Crippen LogP contribution < -0.4 is 0 Å². The van der Waals surface area contributed by atoms with Gasteiger partial charge >= 0.3 is 0 Å². The predicted molar refractivity (Wildman–Crippen MR) is 60.9 cm³/mol. The lowest BCUT2D eigenvalue weighted by Gasteiger charge is -2.08. The second-order valence-corrected chi connectivity index (χ2v) is 4.15. The van der Waals surface area contributed by atoms with Crippen molar-refractivity contribution in [2.45, 2.75) is 6.04 Å². The normalized spacial score (nSPS) is 20.1. The minimum absolute atomic E-state index is 0.107. The van der Waals surface area contributed by atoms with E-state index >= 15 is 0 Å². The number of hydrogen-bond acceptors (Lipinski definition) is 2. The van der Waals surface area contributed by atoms with Crippen molar-refractivity contribution < 1.29 is 4.79 Å². The maximum atomic E-state index is 10.7. The van der Waals surface area contributed by atoms with Crippen molar-refractivity contribution in [3.05, 3.63) is 45.6 Å². The molecule has 70 valence electrons. The van der Waals surface area contributed by atoms with E-state index in [1.54, 1.807) is 6.08 Å². The van der Waals surface area contributed by atoms with Crippen LogP contribution in [0.1, 0.15) is 11.6 Å². The van der Waals surface area contributed by atoms with E-state index in [4.69, 9.17) is 0 Å². The maximum absolute atomic E-state index is 10.7. The van der Waals surface area contributed by atoms with E-state index in [1.165, 1.54) is 9.65 Å². The first kappa shape index (κ1) is 9.51. The van der Waals surface area contributed by atoms with Gasteiger partial charge in [-0.25, -0.2) is 0 Å². The Bertz CT molecular complexity index is 393. The molecule has 1 unspecified atom stereocenters. The predicted octanol–water partition coefficient (Wildman–Crippen LogP) is 2.88. The fourth-order valence-electron chi connectivity index (χ4n) is 1.20. The second-order valence-electron chi connectivity index (χ2n) is 2.91. The number of halogens is 1. The molecular weight excluding hydrogens is 291 g/mol. The van der Waals surface area contributed by atoms with Crippen LogP contribution in [0.3, 0.4) is 0 Å². The summed E-state index contributed by atoms with van der Waals surface area (Å²) in [6.45, 7) is 0. The molecule has 0 aliphatic carbocycles. The average molecular weight is 298 g/mol. The number of nitrogens with zero attached hydrogens (tertiary/aromatic N) is 2. The minimum atomic E-state index is -0.285. The van der Waals surface area contributed by atoms with Gasteiger partial charge in [0.05, 0.1) is 0 Å². The summed E-state index contributed by atoms with van der Waals surface area (Å²) in [5.41, 5.74) is 1.05. The van der Waals surface area contributed by atoms with Crippen LogP contribution in [0.5, 0.6) is 0 Å². The molecule has 0 fully saturated rings. The van der Waals surface area contributed by atoms with Gasteiger partial charge in [-0.2, -0.15) is 5.11 Å². The van der Waals surface area contributed by atoms with Gasteiger partial charge in [0.15, 0.2) is 0 Å². The van der Waals surface area contributed by atoms with Crippen molar-refractivity contribution in [1.82, 2.24) is 0 Å². The Morgan fingerprint density at radius 2 is 1.93 bits per heavy atom. The van der Waals surface area contributed by atoms with E-state index in [1.807, 2.05) is 24.3 Å². The Morgan fingerprint density at radius 1 is 1.21 bits per heavy atom. The fraction of sp³-hybridized carbons (Fsp3) is 0.100. The van der Waals surface area contributed by atoms with Crippen molar-refractivity contribution in [3.8, 4) is 0 Å². The molecule has 3 nitrogen and oxygen atoms in total. The SMILES string of the molecule is O=C1C=CC(c2ccc(I)cc2)N=N1. The lowest BCUT2D eigenvalue weighted by Crippen LogP contribution is -1.98. The lowest BCUT2D eigenvalue weighted by atomic mass is 10.1. The first-order valence-electron chi connectivity index (χ1n) is 4.14. The zero-order chi connectivity index (χ0) is 9.97. The highest BCUT2D eigenvalue weighted by molar-refractivity contribution is 14.1. The molecule has 1 aliphatic heterocycles. The molecule has 0 aromatic heterocycles. The Kier molecular flexibility index (Phi) is 2.72. The summed E-state index contributed by atoms with van der Waals surface area (Å²) in [4.78, 5) is 10.7. The highest BCUT2D eigenvalue weighted by Gasteiger charge is 2.10. The molecule has 0 radical (unpaired) electrons. The third-order valence-electron chi connectivity index (χ3n) is 1.91. The van der Waals surface area contributed by atoms with Gasteiger partial charge in [-0.3, -0.25) is 4.79 Å². The summed E-state index contributed by atoms with van der Waals surface area (Å²) in [6, 6.07) is 7.90. The van der Waals surface area contributed by atoms with Gasteiger partial charge in [0, 0.05) is 9.65 Å². The molecule has 1 aromatic carbocycles. The van der Waals surface area contributed by atoms with Crippen molar-refractivity contribution >= 4 is 28.5 Å². The van der Waals surface area contributed by atoms with Crippen LogP contribution >= 0.6 is 22.6 Å². The molecule has 0 bridgehead atoms. The Balaban J connectivity index is 2.24. The van der Waals surface area contributed by atoms with Gasteiger partial charge in [0.2, 0.25) is 0 Å². The zero-order valence-corrected chi connectivity index (χ0v) is 9.38. The van der Waals surface area contributed by atoms with Crippen molar-refractivity contribution in [3.63, 3.8) is 0 Å². The first-order chi connectivity index (χ1) is 6.75. The van der Waals surface area contributed by atoms with Crippen LogP contribution in [0, 0.1) is 3.57 Å². The van der Waals surface area contributed by atoms with Crippen LogP contribution in [0.4, 0.5) is 0 Å². The topological polar surface area (TPSA) is 41.8 Å². The summed E-state index contributed by atoms with van der Waals surface area (Å²) in [5.74, 6) is -0.285. The molecule has 1 aromatic rings. The van der Waals surface area contributed by atoms with Gasteiger partial charge < -0.3 is 0 Å². The van der Waals surface area contributed by atoms with Crippen LogP contribution in [0.2, 0.25) is 0 Å². The Labute approximate surface area is 95.1 Å². The van der Waals surface area contributed by atoms with Crippen molar-refractivity contribution in [2.75, 3.05) is 0 Å². The Hall–Kier alpha value is -1.04. The lowest BCUT2D eigenvalue weighted by molar-refractivity contribution is -0.114. The minimum Gasteiger partial charge on any atom is -0.266 e. The molecular formula is C10H7IN2O. The molecule has 1 atom stereocenters. The van der Waals surface area contributed by atoms with Gasteiger partial charge in [0.1, 0.15) is 6.04 Å². The van der Waals surface area contributed by atoms with Crippen LogP contribution in [-0.4, -0.2) is 5.91 Å². The van der Waals surface area contributed by atoms with Crippen LogP contribution in [-0.2, 0) is 4.79 Å². The average Bonchev–Trinajstić information content (AvgIpc) is 2.21. The van der Waals surface area contributed by atoms with E-state index in [0.717, 1.165) is 5.56 Å². The third-order valence-corrected chi connectivity index (χ3v) is 2.63. The number of rotatable bonds is 1. The van der Waals surface area contributed by atoms with Crippen LogP contribution in [0.15, 0.2) is 46.6 Å². The highest BCUT2D eigenvalue weighted by atomic mass is 127. The molecule has 0 saturated heterocycles. The summed E-state index contributed by atoms with van der Waals surface area (Å²) in [5, 5.41) is 7.40. The Morgan fingerprint density at radius 3 is 2.50 bits per heavy atom. The summed E-state index contributed by atoms with van der Waals surface area (Å²) in [7, 11) is 0. The molecule has 1 aliphatic rings. The number of benzene rings is 1. The van der Waals surface area contributed by atoms with Crippen LogP contribution in [0.25, 0.3) is 0 Å². The molecule has 1 amide bonds.